The minimum absolute atomic E-state index is 0.00981. The predicted octanol–water partition coefficient (Wildman–Crippen LogP) is 3.06. The van der Waals surface area contributed by atoms with Crippen molar-refractivity contribution >= 4 is 37.5 Å². The van der Waals surface area contributed by atoms with Gasteiger partial charge in [-0.2, -0.15) is 0 Å². The van der Waals surface area contributed by atoms with Gasteiger partial charge in [0.25, 0.3) is 0 Å². The van der Waals surface area contributed by atoms with Crippen molar-refractivity contribution in [2.75, 3.05) is 24.7 Å². The van der Waals surface area contributed by atoms with Gasteiger partial charge >= 0.3 is 6.03 Å². The monoisotopic (exact) mass is 488 g/mol. The fourth-order valence-electron chi connectivity index (χ4n) is 2.78. The summed E-state index contributed by atoms with van der Waals surface area (Å²) in [6, 6.07) is 20.2. The van der Waals surface area contributed by atoms with Gasteiger partial charge in [0.15, 0.2) is 0 Å². The summed E-state index contributed by atoms with van der Waals surface area (Å²) in [5, 5.41) is 5.31. The van der Waals surface area contributed by atoms with Gasteiger partial charge in [0.1, 0.15) is 0 Å². The highest BCUT2D eigenvalue weighted by Gasteiger charge is 2.17. The number of carbonyl (C=O) groups is 1. The van der Waals surface area contributed by atoms with Gasteiger partial charge < -0.3 is 10.6 Å². The number of hydrogen-bond donors (Lipinski definition) is 3. The molecule has 3 aromatic carbocycles. The van der Waals surface area contributed by atoms with Crippen LogP contribution in [0, 0.1) is 0 Å². The highest BCUT2D eigenvalue weighted by Crippen LogP contribution is 2.17. The van der Waals surface area contributed by atoms with Gasteiger partial charge in [-0.25, -0.2) is 30.7 Å². The molecule has 0 atom stereocenters. The zero-order valence-electron chi connectivity index (χ0n) is 18.0. The molecule has 3 rings (SSSR count). The molecule has 0 heterocycles. The van der Waals surface area contributed by atoms with E-state index in [-0.39, 0.29) is 16.3 Å². The van der Waals surface area contributed by atoms with Crippen molar-refractivity contribution in [1.82, 2.24) is 9.03 Å². The van der Waals surface area contributed by atoms with E-state index in [4.69, 9.17) is 0 Å². The van der Waals surface area contributed by atoms with Crippen LogP contribution in [0.4, 0.5) is 16.2 Å². The molecule has 0 unspecified atom stereocenters. The van der Waals surface area contributed by atoms with E-state index in [0.717, 1.165) is 4.31 Å². The van der Waals surface area contributed by atoms with Crippen LogP contribution in [0.1, 0.15) is 5.56 Å². The average molecular weight is 489 g/mol. The maximum absolute atomic E-state index is 12.6. The van der Waals surface area contributed by atoms with E-state index in [1.165, 1.54) is 50.5 Å². The standard InChI is InChI=1S/C22H24N4O5S2/c1-26(2)33(30,31)21-12-8-17(9-13-21)16-23-32(28,29)20-14-10-19(11-15-20)25-22(27)24-18-6-4-3-5-7-18/h3-15,23H,16H2,1-2H3,(H2,24,25,27). The molecule has 33 heavy (non-hydrogen) atoms. The van der Waals surface area contributed by atoms with Crippen LogP contribution in [0.2, 0.25) is 0 Å². The van der Waals surface area contributed by atoms with Crippen LogP contribution in [0.5, 0.6) is 0 Å². The molecule has 0 spiro atoms. The Morgan fingerprint density at radius 2 is 1.24 bits per heavy atom. The highest BCUT2D eigenvalue weighted by molar-refractivity contribution is 7.89. The Bertz CT molecular complexity index is 1310. The molecular formula is C22H24N4O5S2. The second-order valence-corrected chi connectivity index (χ2v) is 11.1. The fraction of sp³-hybridized carbons (Fsp3) is 0.136. The molecule has 0 aliphatic rings. The molecule has 9 nitrogen and oxygen atoms in total. The van der Waals surface area contributed by atoms with E-state index in [0.29, 0.717) is 16.9 Å². The van der Waals surface area contributed by atoms with Gasteiger partial charge in [-0.15, -0.1) is 0 Å². The number of urea groups is 1. The number of amides is 2. The average Bonchev–Trinajstić information content (AvgIpc) is 2.79. The molecule has 0 fully saturated rings. The number of benzene rings is 3. The lowest BCUT2D eigenvalue weighted by Gasteiger charge is -2.12. The highest BCUT2D eigenvalue weighted by atomic mass is 32.2. The van der Waals surface area contributed by atoms with Gasteiger partial charge in [0.05, 0.1) is 9.79 Å². The van der Waals surface area contributed by atoms with Crippen molar-refractivity contribution < 1.29 is 21.6 Å². The molecule has 0 aliphatic heterocycles. The third kappa shape index (κ3) is 6.39. The summed E-state index contributed by atoms with van der Waals surface area (Å²) in [6.45, 7) is -0.00981. The van der Waals surface area contributed by atoms with Crippen LogP contribution in [-0.2, 0) is 26.6 Å². The first-order valence-electron chi connectivity index (χ1n) is 9.82. The molecule has 174 valence electrons. The molecule has 3 aromatic rings. The molecule has 2 amide bonds. The fourth-order valence-corrected chi connectivity index (χ4v) is 4.70. The second-order valence-electron chi connectivity index (χ2n) is 7.23. The maximum Gasteiger partial charge on any atom is 0.323 e. The lowest BCUT2D eigenvalue weighted by molar-refractivity contribution is 0.262. The normalized spacial score (nSPS) is 11.8. The third-order valence-corrected chi connectivity index (χ3v) is 7.87. The molecule has 0 aromatic heterocycles. The van der Waals surface area contributed by atoms with Gasteiger partial charge in [0.2, 0.25) is 20.0 Å². The Labute approximate surface area is 193 Å². The molecule has 0 bridgehead atoms. The Kier molecular flexibility index (Phi) is 7.49. The number of hydrogen-bond acceptors (Lipinski definition) is 5. The zero-order chi connectivity index (χ0) is 24.1. The summed E-state index contributed by atoms with van der Waals surface area (Å²) in [5.74, 6) is 0. The van der Waals surface area contributed by atoms with E-state index < -0.39 is 26.1 Å². The Balaban J connectivity index is 1.59. The van der Waals surface area contributed by atoms with Crippen molar-refractivity contribution in [3.63, 3.8) is 0 Å². The van der Waals surface area contributed by atoms with Crippen LogP contribution >= 0.6 is 0 Å². The summed E-state index contributed by atoms with van der Waals surface area (Å²) in [5.41, 5.74) is 1.66. The van der Waals surface area contributed by atoms with Crippen molar-refractivity contribution in [1.29, 1.82) is 0 Å². The molecule has 0 aliphatic carbocycles. The number of para-hydroxylation sites is 1. The van der Waals surface area contributed by atoms with E-state index in [9.17, 15) is 21.6 Å². The summed E-state index contributed by atoms with van der Waals surface area (Å²) >= 11 is 0. The van der Waals surface area contributed by atoms with E-state index in [1.807, 2.05) is 6.07 Å². The number of carbonyl (C=O) groups excluding carboxylic acids is 1. The zero-order valence-corrected chi connectivity index (χ0v) is 19.7. The summed E-state index contributed by atoms with van der Waals surface area (Å²) in [6.07, 6.45) is 0. The first-order valence-corrected chi connectivity index (χ1v) is 12.7. The van der Waals surface area contributed by atoms with Crippen molar-refractivity contribution in [3.05, 3.63) is 84.4 Å². The SMILES string of the molecule is CN(C)S(=O)(=O)c1ccc(CNS(=O)(=O)c2ccc(NC(=O)Nc3ccccc3)cc2)cc1. The van der Waals surface area contributed by atoms with Crippen molar-refractivity contribution in [2.45, 2.75) is 16.3 Å². The lowest BCUT2D eigenvalue weighted by atomic mass is 10.2. The number of nitrogens with one attached hydrogen (secondary N) is 3. The molecule has 0 radical (unpaired) electrons. The smallest absolute Gasteiger partial charge is 0.308 e. The first kappa shape index (κ1) is 24.4. The maximum atomic E-state index is 12.6. The second kappa shape index (κ2) is 10.1. The Hall–Kier alpha value is -3.25. The lowest BCUT2D eigenvalue weighted by Crippen LogP contribution is -2.24. The van der Waals surface area contributed by atoms with Crippen LogP contribution < -0.4 is 15.4 Å². The summed E-state index contributed by atoms with van der Waals surface area (Å²) < 4.78 is 53.0. The molecule has 3 N–H and O–H groups in total. The number of sulfonamides is 2. The van der Waals surface area contributed by atoms with Crippen LogP contribution in [0.3, 0.4) is 0 Å². The summed E-state index contributed by atoms with van der Waals surface area (Å²) in [4.78, 5) is 12.2. The van der Waals surface area contributed by atoms with Gasteiger partial charge in [-0.05, 0) is 54.1 Å². The minimum Gasteiger partial charge on any atom is -0.308 e. The van der Waals surface area contributed by atoms with Crippen LogP contribution in [-0.4, -0.2) is 41.3 Å². The molecular weight excluding hydrogens is 464 g/mol. The first-order chi connectivity index (χ1) is 15.6. The number of rotatable bonds is 8. The van der Waals surface area contributed by atoms with E-state index in [1.54, 1.807) is 36.4 Å². The number of nitrogens with zero attached hydrogens (tertiary/aromatic N) is 1. The van der Waals surface area contributed by atoms with Gasteiger partial charge in [-0.1, -0.05) is 30.3 Å². The molecule has 0 saturated carbocycles. The summed E-state index contributed by atoms with van der Waals surface area (Å²) in [7, 11) is -4.48. The topological polar surface area (TPSA) is 125 Å². The predicted molar refractivity (Wildman–Crippen MR) is 127 cm³/mol. The number of anilines is 2. The third-order valence-electron chi connectivity index (χ3n) is 4.62. The largest absolute Gasteiger partial charge is 0.323 e. The van der Waals surface area contributed by atoms with Crippen molar-refractivity contribution in [2.24, 2.45) is 0 Å². The van der Waals surface area contributed by atoms with Crippen LogP contribution in [0.25, 0.3) is 0 Å². The van der Waals surface area contributed by atoms with Crippen molar-refractivity contribution in [3.8, 4) is 0 Å². The molecule has 0 saturated heterocycles. The van der Waals surface area contributed by atoms with E-state index >= 15 is 0 Å². The Morgan fingerprint density at radius 3 is 1.79 bits per heavy atom. The Morgan fingerprint density at radius 1 is 0.727 bits per heavy atom. The minimum atomic E-state index is -3.81. The quantitative estimate of drug-likeness (QED) is 0.449. The van der Waals surface area contributed by atoms with Crippen LogP contribution in [0.15, 0.2) is 88.7 Å². The molecule has 11 heteroatoms. The van der Waals surface area contributed by atoms with Gasteiger partial charge in [-0.3, -0.25) is 0 Å². The van der Waals surface area contributed by atoms with E-state index in [2.05, 4.69) is 15.4 Å². The van der Waals surface area contributed by atoms with Gasteiger partial charge in [0, 0.05) is 32.0 Å².